The summed E-state index contributed by atoms with van der Waals surface area (Å²) >= 11 is 0.993. The second-order valence-corrected chi connectivity index (χ2v) is 8.52. The van der Waals surface area contributed by atoms with Crippen LogP contribution in [0.25, 0.3) is 0 Å². The normalized spacial score (nSPS) is 25.1. The third kappa shape index (κ3) is 4.64. The highest BCUT2D eigenvalue weighted by Crippen LogP contribution is 2.23. The number of thiophene rings is 1. The first-order valence-electron chi connectivity index (χ1n) is 7.34. The van der Waals surface area contributed by atoms with Crippen LogP contribution < -0.4 is 15.8 Å². The standard InChI is InChI=1S/C14H19N3O6S2/c1-7(13(15)20)16-14(21)8-5-9(12(19)10(18)6-8)17-25(22,23)11-3-2-4-24-11/h2-5,7,9-10,12,17-19H,6H2,1H3,(H2,15,20)(H,16,21)/t7-,9-,10-,12-/m1/s1. The van der Waals surface area contributed by atoms with Crippen molar-refractivity contribution in [1.29, 1.82) is 0 Å². The quantitative estimate of drug-likeness (QED) is 0.395. The third-order valence-electron chi connectivity index (χ3n) is 3.69. The van der Waals surface area contributed by atoms with Gasteiger partial charge in [0.2, 0.25) is 11.8 Å². The molecular weight excluding hydrogens is 370 g/mol. The number of aliphatic hydroxyl groups is 2. The first-order valence-corrected chi connectivity index (χ1v) is 9.71. The van der Waals surface area contributed by atoms with E-state index in [1.165, 1.54) is 19.1 Å². The van der Waals surface area contributed by atoms with E-state index in [4.69, 9.17) is 5.73 Å². The SMILES string of the molecule is C[C@@H](NC(=O)C1=C[C@@H](NS(=O)(=O)c2cccs2)[C@@H](O)[C@H](O)C1)C(N)=O. The van der Waals surface area contributed by atoms with Gasteiger partial charge in [0, 0.05) is 12.0 Å². The fourth-order valence-electron chi connectivity index (χ4n) is 2.25. The minimum absolute atomic E-state index is 0.0431. The molecule has 0 aromatic carbocycles. The molecule has 1 heterocycles. The van der Waals surface area contributed by atoms with Crippen molar-refractivity contribution in [2.24, 2.45) is 5.73 Å². The Balaban J connectivity index is 2.21. The molecule has 4 atom stereocenters. The summed E-state index contributed by atoms with van der Waals surface area (Å²) in [6.45, 7) is 1.39. The summed E-state index contributed by atoms with van der Waals surface area (Å²) in [5.74, 6) is -1.40. The first kappa shape index (κ1) is 19.5. The zero-order chi connectivity index (χ0) is 18.8. The molecule has 25 heavy (non-hydrogen) atoms. The highest BCUT2D eigenvalue weighted by Gasteiger charge is 2.35. The second-order valence-electron chi connectivity index (χ2n) is 5.63. The van der Waals surface area contributed by atoms with Gasteiger partial charge in [-0.2, -0.15) is 0 Å². The van der Waals surface area contributed by atoms with Gasteiger partial charge in [-0.15, -0.1) is 11.3 Å². The van der Waals surface area contributed by atoms with Crippen molar-refractivity contribution < 1.29 is 28.2 Å². The number of aliphatic hydroxyl groups excluding tert-OH is 2. The average molecular weight is 389 g/mol. The molecule has 0 saturated carbocycles. The van der Waals surface area contributed by atoms with Gasteiger partial charge < -0.3 is 21.3 Å². The lowest BCUT2D eigenvalue weighted by Gasteiger charge is -2.31. The Bertz CT molecular complexity index is 774. The van der Waals surface area contributed by atoms with Crippen LogP contribution >= 0.6 is 11.3 Å². The van der Waals surface area contributed by atoms with Crippen molar-refractivity contribution in [3.8, 4) is 0 Å². The number of sulfonamides is 1. The van der Waals surface area contributed by atoms with Gasteiger partial charge in [-0.05, 0) is 18.4 Å². The number of carbonyl (C=O) groups excluding carboxylic acids is 2. The number of rotatable bonds is 6. The molecule has 1 aliphatic carbocycles. The van der Waals surface area contributed by atoms with E-state index in [1.54, 1.807) is 11.4 Å². The molecule has 0 aliphatic heterocycles. The molecule has 1 aromatic rings. The summed E-state index contributed by atoms with van der Waals surface area (Å²) in [6, 6.07) is 0.828. The molecule has 11 heteroatoms. The molecule has 1 aliphatic rings. The molecule has 0 bridgehead atoms. The number of carbonyl (C=O) groups is 2. The van der Waals surface area contributed by atoms with E-state index in [2.05, 4.69) is 10.0 Å². The van der Waals surface area contributed by atoms with Gasteiger partial charge in [-0.1, -0.05) is 12.1 Å². The lowest BCUT2D eigenvalue weighted by atomic mass is 9.90. The summed E-state index contributed by atoms with van der Waals surface area (Å²) < 4.78 is 26.9. The highest BCUT2D eigenvalue weighted by molar-refractivity contribution is 7.91. The van der Waals surface area contributed by atoms with E-state index < -0.39 is 46.1 Å². The number of hydrogen-bond donors (Lipinski definition) is 5. The lowest BCUT2D eigenvalue weighted by molar-refractivity contribution is -0.125. The molecule has 9 nitrogen and oxygen atoms in total. The van der Waals surface area contributed by atoms with Crippen LogP contribution in [0, 0.1) is 0 Å². The fourth-order valence-corrected chi connectivity index (χ4v) is 4.46. The Morgan fingerprint density at radius 2 is 2.08 bits per heavy atom. The van der Waals surface area contributed by atoms with E-state index in [0.29, 0.717) is 0 Å². The molecule has 0 fully saturated rings. The maximum atomic E-state index is 12.3. The molecule has 6 N–H and O–H groups in total. The largest absolute Gasteiger partial charge is 0.390 e. The first-order chi connectivity index (χ1) is 11.6. The Morgan fingerprint density at radius 1 is 1.40 bits per heavy atom. The molecule has 0 radical (unpaired) electrons. The third-order valence-corrected chi connectivity index (χ3v) is 6.55. The molecule has 1 aromatic heterocycles. The Hall–Kier alpha value is -1.79. The maximum absolute atomic E-state index is 12.3. The average Bonchev–Trinajstić information content (AvgIpc) is 3.06. The summed E-state index contributed by atoms with van der Waals surface area (Å²) in [6.07, 6.45) is -1.72. The van der Waals surface area contributed by atoms with Crippen molar-refractivity contribution in [2.45, 2.75) is 41.8 Å². The van der Waals surface area contributed by atoms with E-state index in [-0.39, 0.29) is 16.2 Å². The maximum Gasteiger partial charge on any atom is 0.250 e. The highest BCUT2D eigenvalue weighted by atomic mass is 32.2. The van der Waals surface area contributed by atoms with Crippen molar-refractivity contribution in [2.75, 3.05) is 0 Å². The minimum Gasteiger partial charge on any atom is -0.390 e. The van der Waals surface area contributed by atoms with Crippen LogP contribution in [-0.4, -0.2) is 54.7 Å². The topological polar surface area (TPSA) is 159 Å². The van der Waals surface area contributed by atoms with Crippen LogP contribution in [0.2, 0.25) is 0 Å². The number of primary amides is 1. The minimum atomic E-state index is -3.91. The number of nitrogens with one attached hydrogen (secondary N) is 2. The summed E-state index contributed by atoms with van der Waals surface area (Å²) in [7, 11) is -3.91. The summed E-state index contributed by atoms with van der Waals surface area (Å²) in [5, 5.41) is 23.9. The van der Waals surface area contributed by atoms with Gasteiger partial charge in [0.05, 0.1) is 12.1 Å². The van der Waals surface area contributed by atoms with Crippen LogP contribution in [-0.2, 0) is 19.6 Å². The van der Waals surface area contributed by atoms with Gasteiger partial charge in [0.15, 0.2) is 0 Å². The number of nitrogens with two attached hydrogens (primary N) is 1. The predicted octanol–water partition coefficient (Wildman–Crippen LogP) is -1.56. The van der Waals surface area contributed by atoms with E-state index in [0.717, 1.165) is 11.3 Å². The summed E-state index contributed by atoms with van der Waals surface area (Å²) in [4.78, 5) is 23.2. The number of amides is 2. The van der Waals surface area contributed by atoms with Crippen molar-refractivity contribution >= 4 is 33.2 Å². The zero-order valence-corrected chi connectivity index (χ0v) is 14.9. The van der Waals surface area contributed by atoms with E-state index in [1.807, 2.05) is 0 Å². The molecular formula is C14H19N3O6S2. The van der Waals surface area contributed by atoms with E-state index in [9.17, 15) is 28.2 Å². The Morgan fingerprint density at radius 3 is 2.64 bits per heavy atom. The second kappa shape index (κ2) is 7.62. The van der Waals surface area contributed by atoms with Gasteiger partial charge in [0.1, 0.15) is 16.4 Å². The van der Waals surface area contributed by atoms with Crippen LogP contribution in [0.15, 0.2) is 33.4 Å². The predicted molar refractivity (Wildman–Crippen MR) is 89.9 cm³/mol. The molecule has 2 rings (SSSR count). The molecule has 0 saturated heterocycles. The Labute approximate surface area is 148 Å². The van der Waals surface area contributed by atoms with Gasteiger partial charge in [-0.3, -0.25) is 9.59 Å². The van der Waals surface area contributed by atoms with Crippen molar-refractivity contribution in [3.63, 3.8) is 0 Å². The van der Waals surface area contributed by atoms with Gasteiger partial charge >= 0.3 is 0 Å². The number of hydrogen-bond acceptors (Lipinski definition) is 7. The van der Waals surface area contributed by atoms with Crippen molar-refractivity contribution in [1.82, 2.24) is 10.0 Å². The summed E-state index contributed by atoms with van der Waals surface area (Å²) in [5.41, 5.74) is 5.12. The van der Waals surface area contributed by atoms with Crippen LogP contribution in [0.1, 0.15) is 13.3 Å². The van der Waals surface area contributed by atoms with Crippen LogP contribution in [0.3, 0.4) is 0 Å². The smallest absolute Gasteiger partial charge is 0.250 e. The lowest BCUT2D eigenvalue weighted by Crippen LogP contribution is -2.51. The van der Waals surface area contributed by atoms with Crippen LogP contribution in [0.5, 0.6) is 0 Å². The van der Waals surface area contributed by atoms with Gasteiger partial charge in [0.25, 0.3) is 10.0 Å². The Kier molecular flexibility index (Phi) is 5.95. The molecule has 0 unspecified atom stereocenters. The zero-order valence-electron chi connectivity index (χ0n) is 13.2. The fraction of sp³-hybridized carbons (Fsp3) is 0.429. The monoisotopic (exact) mass is 389 g/mol. The molecule has 0 spiro atoms. The van der Waals surface area contributed by atoms with E-state index >= 15 is 0 Å². The molecule has 138 valence electrons. The van der Waals surface area contributed by atoms with Crippen LogP contribution in [0.4, 0.5) is 0 Å². The van der Waals surface area contributed by atoms with Crippen molar-refractivity contribution in [3.05, 3.63) is 29.2 Å². The van der Waals surface area contributed by atoms with Gasteiger partial charge in [-0.25, -0.2) is 13.1 Å². The molecule has 2 amide bonds.